The zero-order chi connectivity index (χ0) is 39.8. The molecular weight excluding hydrogens is 743 g/mol. The first-order valence-corrected chi connectivity index (χ1v) is 20.9. The summed E-state index contributed by atoms with van der Waals surface area (Å²) in [5, 5.41) is 6.14. The summed E-state index contributed by atoms with van der Waals surface area (Å²) >= 11 is 0. The van der Waals surface area contributed by atoms with Crippen molar-refractivity contribution < 1.29 is 4.42 Å². The van der Waals surface area contributed by atoms with Gasteiger partial charge in [0.15, 0.2) is 11.4 Å². The Balaban J connectivity index is 1.10. The number of benzene rings is 9. The summed E-state index contributed by atoms with van der Waals surface area (Å²) in [6.07, 6.45) is 0. The number of hydrogen-bond donors (Lipinski definition) is 0. The van der Waals surface area contributed by atoms with Crippen LogP contribution in [0.15, 0.2) is 205 Å². The monoisotopic (exact) mass is 775 g/mol. The van der Waals surface area contributed by atoms with Gasteiger partial charge in [0.25, 0.3) is 0 Å². The molecule has 14 rings (SSSR count). The number of furan rings is 1. The fourth-order valence-electron chi connectivity index (χ4n) is 11.0. The maximum Gasteiger partial charge on any atom is 0.180 e. The molecule has 0 N–H and O–H groups in total. The van der Waals surface area contributed by atoms with Gasteiger partial charge in [-0.25, -0.2) is 9.97 Å². The third-order valence-corrected chi connectivity index (χ3v) is 13.4. The van der Waals surface area contributed by atoms with E-state index in [1.165, 1.54) is 66.0 Å². The van der Waals surface area contributed by atoms with Gasteiger partial charge in [-0.2, -0.15) is 0 Å². The molecule has 0 fully saturated rings. The summed E-state index contributed by atoms with van der Waals surface area (Å²) in [4.78, 5) is 10.7. The van der Waals surface area contributed by atoms with Gasteiger partial charge in [0.1, 0.15) is 16.8 Å². The van der Waals surface area contributed by atoms with Gasteiger partial charge in [0.05, 0.1) is 16.4 Å². The Hall–Kier alpha value is -8.08. The second-order valence-corrected chi connectivity index (χ2v) is 16.4. The number of fused-ring (bicyclic) bond motifs is 10. The topological polar surface area (TPSA) is 43.9 Å². The zero-order valence-electron chi connectivity index (χ0n) is 32.8. The van der Waals surface area contributed by atoms with Crippen molar-refractivity contribution in [3.05, 3.63) is 222 Å². The van der Waals surface area contributed by atoms with Crippen molar-refractivity contribution in [3.8, 4) is 50.6 Å². The number of hydrogen-bond acceptors (Lipinski definition) is 3. The van der Waals surface area contributed by atoms with Crippen LogP contribution in [0.4, 0.5) is 0 Å². The average molecular weight is 776 g/mol. The van der Waals surface area contributed by atoms with Gasteiger partial charge in [-0.1, -0.05) is 158 Å². The molecule has 1 spiro atoms. The summed E-state index contributed by atoms with van der Waals surface area (Å²) in [5.74, 6) is 0.647. The van der Waals surface area contributed by atoms with Crippen LogP contribution in [0.2, 0.25) is 0 Å². The minimum atomic E-state index is -0.471. The molecule has 4 heteroatoms. The van der Waals surface area contributed by atoms with Crippen molar-refractivity contribution in [3.63, 3.8) is 0 Å². The molecule has 0 saturated heterocycles. The quantitative estimate of drug-likeness (QED) is 0.179. The lowest BCUT2D eigenvalue weighted by atomic mass is 9.63. The highest BCUT2D eigenvalue weighted by molar-refractivity contribution is 6.26. The fraction of sp³-hybridized carbons (Fsp3) is 0.0175. The van der Waals surface area contributed by atoms with E-state index in [0.717, 1.165) is 50.1 Å². The molecule has 2 aliphatic carbocycles. The molecule has 0 unspecified atom stereocenters. The predicted octanol–water partition coefficient (Wildman–Crippen LogP) is 14.3. The second-order valence-electron chi connectivity index (χ2n) is 16.4. The largest absolute Gasteiger partial charge is 0.452 e. The van der Waals surface area contributed by atoms with Crippen LogP contribution in [-0.2, 0) is 5.41 Å². The van der Waals surface area contributed by atoms with E-state index in [0.29, 0.717) is 11.4 Å². The van der Waals surface area contributed by atoms with Crippen LogP contribution in [-0.4, -0.2) is 14.5 Å². The van der Waals surface area contributed by atoms with Crippen LogP contribution < -0.4 is 0 Å². The molecule has 4 nitrogen and oxygen atoms in total. The molecule has 0 bridgehead atoms. The van der Waals surface area contributed by atoms with Gasteiger partial charge in [-0.3, -0.25) is 0 Å². The molecule has 0 aliphatic heterocycles. The Morgan fingerprint density at radius 3 is 1.84 bits per heavy atom. The number of aromatic nitrogens is 3. The molecule has 3 aromatic heterocycles. The average Bonchev–Trinajstić information content (AvgIpc) is 3.98. The SMILES string of the molecule is c1ccc(-c2cc(-c3nc(-c4ccccc4)c4oc5ccccc5c4n3)cc(-n3c4cccc5c4c4c6c(cccc6ccc43)C53c4ccccc4-c4ccccc43)c2)cc1. The Kier molecular flexibility index (Phi) is 6.46. The summed E-state index contributed by atoms with van der Waals surface area (Å²) in [6, 6.07) is 72.5. The van der Waals surface area contributed by atoms with Crippen LogP contribution in [0.5, 0.6) is 0 Å². The molecule has 282 valence electrons. The molecule has 2 aliphatic rings. The van der Waals surface area contributed by atoms with Crippen molar-refractivity contribution in [2.75, 3.05) is 0 Å². The molecule has 12 aromatic rings. The Bertz CT molecular complexity index is 3780. The number of nitrogens with zero attached hydrogens (tertiary/aromatic N) is 3. The van der Waals surface area contributed by atoms with Crippen molar-refractivity contribution >= 4 is 54.6 Å². The Morgan fingerprint density at radius 1 is 0.426 bits per heavy atom. The highest BCUT2D eigenvalue weighted by atomic mass is 16.3. The molecule has 61 heavy (non-hydrogen) atoms. The van der Waals surface area contributed by atoms with E-state index in [1.54, 1.807) is 0 Å². The van der Waals surface area contributed by atoms with E-state index >= 15 is 0 Å². The van der Waals surface area contributed by atoms with E-state index in [-0.39, 0.29) is 0 Å². The van der Waals surface area contributed by atoms with Crippen LogP contribution in [0, 0.1) is 0 Å². The minimum Gasteiger partial charge on any atom is -0.452 e. The standard InChI is InChI=1S/C57H33N3O/c1-3-15-34(16-4-1)37-31-38(56-58-53(36-17-5-2-6-18-36)55-54(59-56)42-22-9-12-28-49(42)61-55)33-39(32-37)60-47-27-14-26-46-51(47)52-48(60)30-29-35-19-13-25-45(50(35)52)57(46)43-23-10-7-20-40(43)41-21-8-11-24-44(41)57/h1-33H. The lowest BCUT2D eigenvalue weighted by Gasteiger charge is -2.37. The third-order valence-electron chi connectivity index (χ3n) is 13.4. The van der Waals surface area contributed by atoms with E-state index < -0.39 is 5.41 Å². The fourth-order valence-corrected chi connectivity index (χ4v) is 11.0. The minimum absolute atomic E-state index is 0.471. The van der Waals surface area contributed by atoms with E-state index in [2.05, 4.69) is 168 Å². The van der Waals surface area contributed by atoms with E-state index in [1.807, 2.05) is 36.4 Å². The Morgan fingerprint density at radius 2 is 1.05 bits per heavy atom. The first-order valence-electron chi connectivity index (χ1n) is 20.9. The molecule has 0 atom stereocenters. The third kappa shape index (κ3) is 4.28. The van der Waals surface area contributed by atoms with E-state index in [9.17, 15) is 0 Å². The number of rotatable bonds is 4. The maximum absolute atomic E-state index is 6.51. The van der Waals surface area contributed by atoms with Crippen molar-refractivity contribution in [2.45, 2.75) is 5.41 Å². The summed E-state index contributed by atoms with van der Waals surface area (Å²) in [6.45, 7) is 0. The highest BCUT2D eigenvalue weighted by Crippen LogP contribution is 2.62. The van der Waals surface area contributed by atoms with E-state index in [4.69, 9.17) is 14.4 Å². The van der Waals surface area contributed by atoms with Gasteiger partial charge in [-0.15, -0.1) is 0 Å². The molecule has 0 radical (unpaired) electrons. The van der Waals surface area contributed by atoms with Crippen LogP contribution in [0.25, 0.3) is 105 Å². The Labute approximate surface area is 350 Å². The van der Waals surface area contributed by atoms with Crippen LogP contribution in [0.1, 0.15) is 22.3 Å². The normalized spacial score (nSPS) is 13.4. The number of para-hydroxylation sites is 1. The van der Waals surface area contributed by atoms with Gasteiger partial charge >= 0.3 is 0 Å². The second kappa shape index (κ2) is 12.0. The summed E-state index contributed by atoms with van der Waals surface area (Å²) in [7, 11) is 0. The molecular formula is C57H33N3O. The van der Waals surface area contributed by atoms with Gasteiger partial charge in [-0.05, 0) is 97.7 Å². The van der Waals surface area contributed by atoms with Crippen molar-refractivity contribution in [1.82, 2.24) is 14.5 Å². The lowest BCUT2D eigenvalue weighted by Crippen LogP contribution is -2.30. The molecule has 0 saturated carbocycles. The molecule has 0 amide bonds. The maximum atomic E-state index is 6.51. The lowest BCUT2D eigenvalue weighted by molar-refractivity contribution is 0.667. The van der Waals surface area contributed by atoms with Crippen molar-refractivity contribution in [1.29, 1.82) is 0 Å². The smallest absolute Gasteiger partial charge is 0.180 e. The predicted molar refractivity (Wildman–Crippen MR) is 248 cm³/mol. The first kappa shape index (κ1) is 32.8. The highest BCUT2D eigenvalue weighted by Gasteiger charge is 2.50. The molecule has 3 heterocycles. The van der Waals surface area contributed by atoms with Gasteiger partial charge in [0, 0.05) is 33.0 Å². The van der Waals surface area contributed by atoms with Crippen LogP contribution in [0.3, 0.4) is 0 Å². The first-order chi connectivity index (χ1) is 30.3. The zero-order valence-corrected chi connectivity index (χ0v) is 32.8. The van der Waals surface area contributed by atoms with Crippen LogP contribution >= 0.6 is 0 Å². The summed E-state index contributed by atoms with van der Waals surface area (Å²) in [5.41, 5.74) is 18.1. The van der Waals surface area contributed by atoms with Gasteiger partial charge in [0.2, 0.25) is 0 Å². The van der Waals surface area contributed by atoms with Crippen molar-refractivity contribution in [2.24, 2.45) is 0 Å². The summed E-state index contributed by atoms with van der Waals surface area (Å²) < 4.78 is 8.99. The molecule has 9 aromatic carbocycles. The van der Waals surface area contributed by atoms with Gasteiger partial charge < -0.3 is 8.98 Å².